The standard InChI is InChI=1S/C11H18NO2P/c1-3-9-12-10(2)15(13,14)11-7-5-4-6-8-11/h4-8,10,12H,3,9H2,1-2H3,(H,13,14). The van der Waals surface area contributed by atoms with Gasteiger partial charge in [0, 0.05) is 5.30 Å². The highest BCUT2D eigenvalue weighted by molar-refractivity contribution is 7.66. The van der Waals surface area contributed by atoms with E-state index in [-0.39, 0.29) is 5.78 Å². The molecule has 0 aromatic heterocycles. The normalized spacial score (nSPS) is 17.0. The zero-order chi connectivity index (χ0) is 11.3. The van der Waals surface area contributed by atoms with Crippen molar-refractivity contribution in [2.24, 2.45) is 0 Å². The van der Waals surface area contributed by atoms with Gasteiger partial charge in [-0.3, -0.25) is 4.57 Å². The lowest BCUT2D eigenvalue weighted by molar-refractivity contribution is 0.463. The maximum atomic E-state index is 12.1. The van der Waals surface area contributed by atoms with E-state index in [1.165, 1.54) is 0 Å². The average molecular weight is 227 g/mol. The van der Waals surface area contributed by atoms with Crippen molar-refractivity contribution < 1.29 is 9.46 Å². The molecule has 0 saturated heterocycles. The topological polar surface area (TPSA) is 49.3 Å². The Bertz CT molecular complexity index is 340. The first-order chi connectivity index (χ1) is 7.09. The first-order valence-corrected chi connectivity index (χ1v) is 6.93. The van der Waals surface area contributed by atoms with Crippen LogP contribution in [0.15, 0.2) is 30.3 Å². The minimum Gasteiger partial charge on any atom is -0.340 e. The minimum absolute atomic E-state index is 0.389. The number of hydrogen-bond donors (Lipinski definition) is 2. The molecule has 2 unspecified atom stereocenters. The van der Waals surface area contributed by atoms with Crippen LogP contribution in [0, 0.1) is 0 Å². The molecule has 0 aliphatic rings. The molecule has 15 heavy (non-hydrogen) atoms. The number of nitrogens with one attached hydrogen (secondary N) is 1. The Labute approximate surface area is 91.0 Å². The van der Waals surface area contributed by atoms with Crippen LogP contribution in [0.4, 0.5) is 0 Å². The summed E-state index contributed by atoms with van der Waals surface area (Å²) in [5, 5.41) is 3.57. The van der Waals surface area contributed by atoms with Crippen molar-refractivity contribution >= 4 is 12.7 Å². The third kappa shape index (κ3) is 3.16. The van der Waals surface area contributed by atoms with Gasteiger partial charge in [-0.2, -0.15) is 0 Å². The van der Waals surface area contributed by atoms with Gasteiger partial charge in [0.15, 0.2) is 0 Å². The van der Waals surface area contributed by atoms with Gasteiger partial charge in [0.1, 0.15) is 0 Å². The summed E-state index contributed by atoms with van der Waals surface area (Å²) in [6.45, 7) is 4.55. The van der Waals surface area contributed by atoms with Gasteiger partial charge in [-0.1, -0.05) is 25.1 Å². The second-order valence-corrected chi connectivity index (χ2v) is 6.13. The Kier molecular flexibility index (Phi) is 4.52. The van der Waals surface area contributed by atoms with E-state index in [0.717, 1.165) is 13.0 Å². The Morgan fingerprint density at radius 2 is 2.00 bits per heavy atom. The Balaban J connectivity index is 2.79. The predicted molar refractivity (Wildman–Crippen MR) is 63.7 cm³/mol. The molecule has 0 radical (unpaired) electrons. The van der Waals surface area contributed by atoms with Crippen LogP contribution in [0.1, 0.15) is 20.3 Å². The molecule has 4 heteroatoms. The summed E-state index contributed by atoms with van der Waals surface area (Å²) in [6.07, 6.45) is 0.957. The molecule has 0 saturated carbocycles. The quantitative estimate of drug-likeness (QED) is 0.756. The lowest BCUT2D eigenvalue weighted by Gasteiger charge is -2.20. The van der Waals surface area contributed by atoms with Gasteiger partial charge < -0.3 is 10.2 Å². The predicted octanol–water partition coefficient (Wildman–Crippen LogP) is 1.93. The zero-order valence-corrected chi connectivity index (χ0v) is 10.1. The smallest absolute Gasteiger partial charge is 0.245 e. The zero-order valence-electron chi connectivity index (χ0n) is 9.18. The Morgan fingerprint density at radius 3 is 2.53 bits per heavy atom. The molecule has 0 spiro atoms. The van der Waals surface area contributed by atoms with Crippen LogP contribution in [0.3, 0.4) is 0 Å². The summed E-state index contributed by atoms with van der Waals surface area (Å²) >= 11 is 0. The molecule has 84 valence electrons. The molecule has 1 aromatic rings. The van der Waals surface area contributed by atoms with Crippen molar-refractivity contribution in [2.45, 2.75) is 26.1 Å². The Hall–Kier alpha value is -0.630. The van der Waals surface area contributed by atoms with Crippen molar-refractivity contribution in [2.75, 3.05) is 6.54 Å². The molecule has 0 fully saturated rings. The Morgan fingerprint density at radius 1 is 1.40 bits per heavy atom. The third-order valence-electron chi connectivity index (χ3n) is 2.34. The third-order valence-corrected chi connectivity index (χ3v) is 4.61. The number of rotatable bonds is 5. The van der Waals surface area contributed by atoms with E-state index in [4.69, 9.17) is 0 Å². The molecule has 0 aliphatic heterocycles. The summed E-state index contributed by atoms with van der Waals surface area (Å²) in [4.78, 5) is 9.97. The summed E-state index contributed by atoms with van der Waals surface area (Å²) in [5.74, 6) is -0.389. The average Bonchev–Trinajstić information content (AvgIpc) is 2.27. The van der Waals surface area contributed by atoms with Gasteiger partial charge in [-0.05, 0) is 32.0 Å². The highest BCUT2D eigenvalue weighted by atomic mass is 31.2. The molecule has 2 N–H and O–H groups in total. The van der Waals surface area contributed by atoms with Gasteiger partial charge in [0.25, 0.3) is 0 Å². The van der Waals surface area contributed by atoms with Crippen LogP contribution in [-0.2, 0) is 4.57 Å². The maximum absolute atomic E-state index is 12.1. The first kappa shape index (κ1) is 12.4. The van der Waals surface area contributed by atoms with Gasteiger partial charge in [-0.15, -0.1) is 0 Å². The van der Waals surface area contributed by atoms with E-state index in [1.54, 1.807) is 31.2 Å². The van der Waals surface area contributed by atoms with Crippen LogP contribution in [0.5, 0.6) is 0 Å². The molecule has 0 amide bonds. The van der Waals surface area contributed by atoms with Crippen LogP contribution in [0.25, 0.3) is 0 Å². The van der Waals surface area contributed by atoms with E-state index < -0.39 is 7.37 Å². The molecule has 2 atom stereocenters. The van der Waals surface area contributed by atoms with E-state index >= 15 is 0 Å². The fraction of sp³-hybridized carbons (Fsp3) is 0.455. The van der Waals surface area contributed by atoms with E-state index in [2.05, 4.69) is 5.32 Å². The maximum Gasteiger partial charge on any atom is 0.245 e. The summed E-state index contributed by atoms with van der Waals surface area (Å²) < 4.78 is 12.1. The molecular weight excluding hydrogens is 209 g/mol. The van der Waals surface area contributed by atoms with Crippen LogP contribution < -0.4 is 10.6 Å². The molecule has 0 bridgehead atoms. The fourth-order valence-electron chi connectivity index (χ4n) is 1.34. The monoisotopic (exact) mass is 227 g/mol. The summed E-state index contributed by atoms with van der Waals surface area (Å²) in [7, 11) is -3.28. The van der Waals surface area contributed by atoms with Crippen molar-refractivity contribution in [3.05, 3.63) is 30.3 Å². The minimum atomic E-state index is -3.28. The molecule has 1 rings (SSSR count). The fourth-order valence-corrected chi connectivity index (χ4v) is 2.77. The lowest BCUT2D eigenvalue weighted by Crippen LogP contribution is -2.30. The van der Waals surface area contributed by atoms with Crippen molar-refractivity contribution in [1.29, 1.82) is 0 Å². The van der Waals surface area contributed by atoms with Crippen LogP contribution >= 0.6 is 7.37 Å². The number of hydrogen-bond acceptors (Lipinski definition) is 2. The molecule has 3 nitrogen and oxygen atoms in total. The van der Waals surface area contributed by atoms with Gasteiger partial charge in [-0.25, -0.2) is 0 Å². The van der Waals surface area contributed by atoms with E-state index in [0.29, 0.717) is 5.30 Å². The van der Waals surface area contributed by atoms with Crippen LogP contribution in [0.2, 0.25) is 0 Å². The second kappa shape index (κ2) is 5.45. The highest BCUT2D eigenvalue weighted by Gasteiger charge is 2.28. The van der Waals surface area contributed by atoms with Crippen molar-refractivity contribution in [1.82, 2.24) is 5.32 Å². The molecule has 1 aromatic carbocycles. The van der Waals surface area contributed by atoms with E-state index in [1.807, 2.05) is 13.0 Å². The van der Waals surface area contributed by atoms with Gasteiger partial charge in [0.2, 0.25) is 7.37 Å². The van der Waals surface area contributed by atoms with Gasteiger partial charge in [0.05, 0.1) is 5.78 Å². The highest BCUT2D eigenvalue weighted by Crippen LogP contribution is 2.43. The summed E-state index contributed by atoms with van der Waals surface area (Å²) in [5.41, 5.74) is 0. The SMILES string of the molecule is CCCNC(C)P(=O)(O)c1ccccc1. The second-order valence-electron chi connectivity index (χ2n) is 3.59. The van der Waals surface area contributed by atoms with Crippen molar-refractivity contribution in [3.8, 4) is 0 Å². The molecule has 0 heterocycles. The number of benzene rings is 1. The largest absolute Gasteiger partial charge is 0.340 e. The van der Waals surface area contributed by atoms with Crippen LogP contribution in [-0.4, -0.2) is 17.2 Å². The van der Waals surface area contributed by atoms with Gasteiger partial charge >= 0.3 is 0 Å². The molecular formula is C11H18NO2P. The lowest BCUT2D eigenvalue weighted by atomic mass is 10.4. The van der Waals surface area contributed by atoms with E-state index in [9.17, 15) is 9.46 Å². The first-order valence-electron chi connectivity index (χ1n) is 5.20. The summed E-state index contributed by atoms with van der Waals surface area (Å²) in [6, 6.07) is 8.80. The molecule has 0 aliphatic carbocycles. The van der Waals surface area contributed by atoms with Crippen molar-refractivity contribution in [3.63, 3.8) is 0 Å².